The normalized spacial score (nSPS) is 26.8. The number of carbonyl (C=O) groups is 1. The number of fused-ring (bicyclic) bond motifs is 1. The van der Waals surface area contributed by atoms with Crippen molar-refractivity contribution in [2.75, 3.05) is 26.3 Å². The maximum Gasteiger partial charge on any atom is 0.225 e. The van der Waals surface area contributed by atoms with E-state index in [1.165, 1.54) is 16.3 Å². The largest absolute Gasteiger partial charge is 0.376 e. The van der Waals surface area contributed by atoms with Crippen LogP contribution in [0.25, 0.3) is 10.8 Å². The standard InChI is InChI=1S/C26H33NO4/c28-26(20-10-12-22(13-11-20)31-18-23-8-4-14-29-23)27-15-24(16-27)30-17-21-7-3-6-19-5-1-2-9-25(19)21/h1-3,5-7,9,20,22-24H,4,8,10-18H2. The third-order valence-corrected chi connectivity index (χ3v) is 7.08. The second-order valence-electron chi connectivity index (χ2n) is 9.26. The molecular formula is C26H33NO4. The molecule has 1 aliphatic carbocycles. The first kappa shape index (κ1) is 20.9. The Morgan fingerprint density at radius 1 is 0.935 bits per heavy atom. The molecule has 1 amide bonds. The van der Waals surface area contributed by atoms with Gasteiger partial charge in [0.05, 0.1) is 31.5 Å². The van der Waals surface area contributed by atoms with Gasteiger partial charge in [-0.05, 0) is 54.9 Å². The van der Waals surface area contributed by atoms with Crippen LogP contribution in [0, 0.1) is 5.92 Å². The molecule has 2 aliphatic heterocycles. The molecule has 0 bridgehead atoms. The van der Waals surface area contributed by atoms with Gasteiger partial charge in [0.15, 0.2) is 0 Å². The van der Waals surface area contributed by atoms with E-state index in [0.29, 0.717) is 25.2 Å². The van der Waals surface area contributed by atoms with Crippen LogP contribution in [0.5, 0.6) is 0 Å². The van der Waals surface area contributed by atoms with Gasteiger partial charge in [0, 0.05) is 25.6 Å². The number of amides is 1. The van der Waals surface area contributed by atoms with E-state index in [0.717, 1.165) is 58.2 Å². The maximum absolute atomic E-state index is 12.9. The molecule has 0 radical (unpaired) electrons. The molecule has 0 spiro atoms. The maximum atomic E-state index is 12.9. The van der Waals surface area contributed by atoms with Crippen LogP contribution < -0.4 is 0 Å². The van der Waals surface area contributed by atoms with Gasteiger partial charge in [0.2, 0.25) is 5.91 Å². The van der Waals surface area contributed by atoms with Crippen LogP contribution in [0.15, 0.2) is 42.5 Å². The minimum absolute atomic E-state index is 0.147. The Labute approximate surface area is 184 Å². The Morgan fingerprint density at radius 3 is 2.55 bits per heavy atom. The lowest BCUT2D eigenvalue weighted by molar-refractivity contribution is -0.152. The van der Waals surface area contributed by atoms with Gasteiger partial charge in [-0.15, -0.1) is 0 Å². The van der Waals surface area contributed by atoms with Crippen molar-refractivity contribution in [2.24, 2.45) is 5.92 Å². The summed E-state index contributed by atoms with van der Waals surface area (Å²) in [6.07, 6.45) is 6.84. The topological polar surface area (TPSA) is 48.0 Å². The number of hydrogen-bond acceptors (Lipinski definition) is 4. The molecule has 0 aromatic heterocycles. The molecule has 3 fully saturated rings. The minimum atomic E-state index is 0.147. The Bertz CT molecular complexity index is 875. The molecule has 1 saturated carbocycles. The summed E-state index contributed by atoms with van der Waals surface area (Å²) in [6, 6.07) is 14.7. The van der Waals surface area contributed by atoms with Crippen molar-refractivity contribution < 1.29 is 19.0 Å². The first-order chi connectivity index (χ1) is 15.3. The van der Waals surface area contributed by atoms with Crippen molar-refractivity contribution in [2.45, 2.75) is 63.4 Å². The zero-order valence-corrected chi connectivity index (χ0v) is 18.2. The highest BCUT2D eigenvalue weighted by Crippen LogP contribution is 2.30. The molecule has 5 heteroatoms. The van der Waals surface area contributed by atoms with Crippen molar-refractivity contribution in [3.8, 4) is 0 Å². The molecule has 5 rings (SSSR count). The second-order valence-corrected chi connectivity index (χ2v) is 9.26. The van der Waals surface area contributed by atoms with Gasteiger partial charge in [-0.25, -0.2) is 0 Å². The molecule has 31 heavy (non-hydrogen) atoms. The molecular weight excluding hydrogens is 390 g/mol. The summed E-state index contributed by atoms with van der Waals surface area (Å²) in [6.45, 7) is 3.63. The Kier molecular flexibility index (Phi) is 6.53. The average Bonchev–Trinajstić information content (AvgIpc) is 3.31. The van der Waals surface area contributed by atoms with Crippen molar-refractivity contribution in [3.63, 3.8) is 0 Å². The molecule has 2 aromatic carbocycles. The van der Waals surface area contributed by atoms with Crippen LogP contribution >= 0.6 is 0 Å². The molecule has 0 N–H and O–H groups in total. The predicted octanol–water partition coefficient (Wildman–Crippen LogP) is 4.32. The quantitative estimate of drug-likeness (QED) is 0.665. The van der Waals surface area contributed by atoms with Crippen LogP contribution in [0.1, 0.15) is 44.1 Å². The highest BCUT2D eigenvalue weighted by molar-refractivity contribution is 5.85. The summed E-state index contributed by atoms with van der Waals surface area (Å²) in [5.41, 5.74) is 1.21. The smallest absolute Gasteiger partial charge is 0.225 e. The van der Waals surface area contributed by atoms with Gasteiger partial charge in [-0.1, -0.05) is 42.5 Å². The number of rotatable bonds is 7. The minimum Gasteiger partial charge on any atom is -0.376 e. The van der Waals surface area contributed by atoms with E-state index in [1.54, 1.807) is 0 Å². The lowest BCUT2D eigenvalue weighted by Crippen LogP contribution is -2.56. The lowest BCUT2D eigenvalue weighted by Gasteiger charge is -2.42. The van der Waals surface area contributed by atoms with Crippen molar-refractivity contribution >= 4 is 16.7 Å². The van der Waals surface area contributed by atoms with Gasteiger partial charge >= 0.3 is 0 Å². The van der Waals surface area contributed by atoms with Crippen molar-refractivity contribution in [1.29, 1.82) is 0 Å². The molecule has 1 unspecified atom stereocenters. The van der Waals surface area contributed by atoms with Crippen LogP contribution in [-0.2, 0) is 25.6 Å². The Morgan fingerprint density at radius 2 is 1.74 bits per heavy atom. The first-order valence-electron chi connectivity index (χ1n) is 11.9. The SMILES string of the molecule is O=C(C1CCC(OCC2CCCO2)CC1)N1CC(OCc2cccc3ccccc23)C1. The zero-order chi connectivity index (χ0) is 21.0. The Hall–Kier alpha value is -1.95. The fourth-order valence-corrected chi connectivity index (χ4v) is 5.10. The third-order valence-electron chi connectivity index (χ3n) is 7.08. The summed E-state index contributed by atoms with van der Waals surface area (Å²) >= 11 is 0. The lowest BCUT2D eigenvalue weighted by atomic mass is 9.85. The van der Waals surface area contributed by atoms with Crippen molar-refractivity contribution in [3.05, 3.63) is 48.0 Å². The second kappa shape index (κ2) is 9.68. The van der Waals surface area contributed by atoms with E-state index in [1.807, 2.05) is 4.90 Å². The summed E-state index contributed by atoms with van der Waals surface area (Å²) in [4.78, 5) is 14.8. The summed E-state index contributed by atoms with van der Waals surface area (Å²) in [5, 5.41) is 2.49. The van der Waals surface area contributed by atoms with E-state index in [-0.39, 0.29) is 18.1 Å². The number of hydrogen-bond donors (Lipinski definition) is 0. The molecule has 166 valence electrons. The fraction of sp³-hybridized carbons (Fsp3) is 0.577. The number of nitrogens with zero attached hydrogens (tertiary/aromatic N) is 1. The average molecular weight is 424 g/mol. The monoisotopic (exact) mass is 423 g/mol. The highest BCUT2D eigenvalue weighted by atomic mass is 16.5. The number of likely N-dealkylation sites (tertiary alicyclic amines) is 1. The van der Waals surface area contributed by atoms with E-state index in [2.05, 4.69) is 42.5 Å². The third kappa shape index (κ3) is 4.94. The van der Waals surface area contributed by atoms with Crippen LogP contribution in [0.2, 0.25) is 0 Å². The van der Waals surface area contributed by atoms with E-state index in [4.69, 9.17) is 14.2 Å². The number of ether oxygens (including phenoxy) is 3. The van der Waals surface area contributed by atoms with Gasteiger partial charge < -0.3 is 19.1 Å². The van der Waals surface area contributed by atoms with Crippen LogP contribution in [0.3, 0.4) is 0 Å². The van der Waals surface area contributed by atoms with Crippen molar-refractivity contribution in [1.82, 2.24) is 4.90 Å². The molecule has 2 saturated heterocycles. The zero-order valence-electron chi connectivity index (χ0n) is 18.2. The van der Waals surface area contributed by atoms with E-state index in [9.17, 15) is 4.79 Å². The predicted molar refractivity (Wildman–Crippen MR) is 120 cm³/mol. The van der Waals surface area contributed by atoms with Crippen LogP contribution in [-0.4, -0.2) is 55.4 Å². The molecule has 2 heterocycles. The highest BCUT2D eigenvalue weighted by Gasteiger charge is 2.37. The first-order valence-corrected chi connectivity index (χ1v) is 11.9. The number of benzene rings is 2. The van der Waals surface area contributed by atoms with Crippen LogP contribution in [0.4, 0.5) is 0 Å². The molecule has 3 aliphatic rings. The molecule has 2 aromatic rings. The fourth-order valence-electron chi connectivity index (χ4n) is 5.10. The molecule has 1 atom stereocenters. The summed E-state index contributed by atoms with van der Waals surface area (Å²) in [7, 11) is 0. The summed E-state index contributed by atoms with van der Waals surface area (Å²) < 4.78 is 17.8. The van der Waals surface area contributed by atoms with Gasteiger partial charge in [0.25, 0.3) is 0 Å². The van der Waals surface area contributed by atoms with E-state index < -0.39 is 0 Å². The van der Waals surface area contributed by atoms with Gasteiger partial charge in [0.1, 0.15) is 0 Å². The molecule has 5 nitrogen and oxygen atoms in total. The summed E-state index contributed by atoms with van der Waals surface area (Å²) in [5.74, 6) is 0.462. The Balaban J connectivity index is 1.02. The van der Waals surface area contributed by atoms with E-state index >= 15 is 0 Å². The number of carbonyl (C=O) groups excluding carboxylic acids is 1. The van der Waals surface area contributed by atoms with Gasteiger partial charge in [-0.2, -0.15) is 0 Å². The van der Waals surface area contributed by atoms with Gasteiger partial charge in [-0.3, -0.25) is 4.79 Å².